The molecule has 0 aromatic carbocycles. The first kappa shape index (κ1) is 14.7. The zero-order valence-electron chi connectivity index (χ0n) is 11.8. The molecule has 1 aliphatic rings. The normalized spacial score (nSPS) is 14.7. The molecule has 1 N–H and O–H groups in total. The smallest absolute Gasteiger partial charge is 0.274 e. The zero-order valence-corrected chi connectivity index (χ0v) is 12.6. The number of nitrogens with one attached hydrogen (secondary N) is 1. The Morgan fingerprint density at radius 2 is 2.05 bits per heavy atom. The first-order valence-electron chi connectivity index (χ1n) is 6.94. The van der Waals surface area contributed by atoms with Crippen LogP contribution in [0.5, 0.6) is 0 Å². The number of halogens is 1. The van der Waals surface area contributed by atoms with Crippen molar-refractivity contribution in [3.05, 3.63) is 47.4 Å². The molecule has 0 unspecified atom stereocenters. The molecule has 0 bridgehead atoms. The summed E-state index contributed by atoms with van der Waals surface area (Å²) in [7, 11) is 0. The molecule has 0 radical (unpaired) electrons. The van der Waals surface area contributed by atoms with Gasteiger partial charge in [0.2, 0.25) is 0 Å². The number of hydrogen-bond donors (Lipinski definition) is 1. The van der Waals surface area contributed by atoms with Gasteiger partial charge in [-0.25, -0.2) is 4.98 Å². The lowest BCUT2D eigenvalue weighted by molar-refractivity contribution is 0.102. The number of pyridine rings is 2. The lowest BCUT2D eigenvalue weighted by Crippen LogP contribution is -2.36. The van der Waals surface area contributed by atoms with Crippen LogP contribution in [-0.4, -0.2) is 42.2 Å². The maximum absolute atomic E-state index is 12.1. The monoisotopic (exact) mass is 318 g/mol. The Kier molecular flexibility index (Phi) is 4.50. The van der Waals surface area contributed by atoms with E-state index in [4.69, 9.17) is 16.3 Å². The average Bonchev–Trinajstić information content (AvgIpc) is 2.56. The van der Waals surface area contributed by atoms with Crippen LogP contribution in [0.15, 0.2) is 36.7 Å². The first-order chi connectivity index (χ1) is 10.7. The van der Waals surface area contributed by atoms with Gasteiger partial charge in [0.25, 0.3) is 5.91 Å². The predicted molar refractivity (Wildman–Crippen MR) is 84.5 cm³/mol. The molecule has 1 fully saturated rings. The number of carbonyl (C=O) groups is 1. The summed E-state index contributed by atoms with van der Waals surface area (Å²) in [6, 6.07) is 6.84. The molecule has 0 spiro atoms. The van der Waals surface area contributed by atoms with Crippen LogP contribution in [0, 0.1) is 0 Å². The Labute approximate surface area is 133 Å². The van der Waals surface area contributed by atoms with E-state index in [0.717, 1.165) is 18.9 Å². The quantitative estimate of drug-likeness (QED) is 0.940. The third-order valence-electron chi connectivity index (χ3n) is 3.30. The second kappa shape index (κ2) is 6.72. The van der Waals surface area contributed by atoms with E-state index in [-0.39, 0.29) is 11.6 Å². The number of morpholine rings is 1. The Balaban J connectivity index is 1.66. The molecule has 3 heterocycles. The molecule has 3 rings (SSSR count). The van der Waals surface area contributed by atoms with E-state index in [2.05, 4.69) is 20.2 Å². The van der Waals surface area contributed by atoms with Gasteiger partial charge in [-0.05, 0) is 24.3 Å². The molecule has 1 saturated heterocycles. The SMILES string of the molecule is O=C(Nc1ccc(N2CCOCC2)nc1)c1cc(Cl)ccn1. The number of amides is 1. The van der Waals surface area contributed by atoms with Gasteiger partial charge in [-0.15, -0.1) is 0 Å². The second-order valence-corrected chi connectivity index (χ2v) is 5.25. The molecule has 2 aromatic rings. The fourth-order valence-electron chi connectivity index (χ4n) is 2.16. The Morgan fingerprint density at radius 3 is 2.73 bits per heavy atom. The number of aromatic nitrogens is 2. The molecule has 0 atom stereocenters. The second-order valence-electron chi connectivity index (χ2n) is 4.82. The lowest BCUT2D eigenvalue weighted by atomic mass is 10.3. The highest BCUT2D eigenvalue weighted by Gasteiger charge is 2.13. The van der Waals surface area contributed by atoms with Crippen molar-refractivity contribution in [1.29, 1.82) is 0 Å². The molecule has 0 aliphatic carbocycles. The van der Waals surface area contributed by atoms with Crippen molar-refractivity contribution in [2.24, 2.45) is 0 Å². The van der Waals surface area contributed by atoms with E-state index in [1.54, 1.807) is 12.3 Å². The van der Waals surface area contributed by atoms with Crippen molar-refractivity contribution in [3.8, 4) is 0 Å². The molecule has 2 aromatic heterocycles. The number of ether oxygens (including phenoxy) is 1. The van der Waals surface area contributed by atoms with Crippen molar-refractivity contribution >= 4 is 29.0 Å². The largest absolute Gasteiger partial charge is 0.378 e. The van der Waals surface area contributed by atoms with E-state index in [9.17, 15) is 4.79 Å². The molecule has 7 heteroatoms. The van der Waals surface area contributed by atoms with Gasteiger partial charge in [0.15, 0.2) is 0 Å². The van der Waals surface area contributed by atoms with Crippen LogP contribution >= 0.6 is 11.6 Å². The van der Waals surface area contributed by atoms with Crippen molar-refractivity contribution in [2.45, 2.75) is 0 Å². The summed E-state index contributed by atoms with van der Waals surface area (Å²) < 4.78 is 5.31. The molecule has 0 saturated carbocycles. The first-order valence-corrected chi connectivity index (χ1v) is 7.32. The topological polar surface area (TPSA) is 67.4 Å². The van der Waals surface area contributed by atoms with Crippen molar-refractivity contribution in [1.82, 2.24) is 9.97 Å². The van der Waals surface area contributed by atoms with Crippen LogP contribution in [0.3, 0.4) is 0 Å². The number of nitrogens with zero attached hydrogens (tertiary/aromatic N) is 3. The van der Waals surface area contributed by atoms with Crippen LogP contribution in [-0.2, 0) is 4.74 Å². The minimum Gasteiger partial charge on any atom is -0.378 e. The van der Waals surface area contributed by atoms with Crippen LogP contribution in [0.4, 0.5) is 11.5 Å². The van der Waals surface area contributed by atoms with Gasteiger partial charge in [-0.2, -0.15) is 0 Å². The van der Waals surface area contributed by atoms with Gasteiger partial charge in [0.1, 0.15) is 11.5 Å². The molecule has 114 valence electrons. The summed E-state index contributed by atoms with van der Waals surface area (Å²) in [4.78, 5) is 22.6. The lowest BCUT2D eigenvalue weighted by Gasteiger charge is -2.27. The molecular formula is C15H15ClN4O2. The summed E-state index contributed by atoms with van der Waals surface area (Å²) in [6.45, 7) is 3.07. The fourth-order valence-corrected chi connectivity index (χ4v) is 2.32. The van der Waals surface area contributed by atoms with Gasteiger partial charge < -0.3 is 15.0 Å². The highest BCUT2D eigenvalue weighted by molar-refractivity contribution is 6.30. The standard InChI is InChI=1S/C15H15ClN4O2/c16-11-3-4-17-13(9-11)15(21)19-12-1-2-14(18-10-12)20-5-7-22-8-6-20/h1-4,9-10H,5-8H2,(H,19,21). The highest BCUT2D eigenvalue weighted by atomic mass is 35.5. The third-order valence-corrected chi connectivity index (χ3v) is 3.53. The molecule has 6 nitrogen and oxygen atoms in total. The van der Waals surface area contributed by atoms with Crippen LogP contribution in [0.2, 0.25) is 5.02 Å². The minimum absolute atomic E-state index is 0.268. The number of hydrogen-bond acceptors (Lipinski definition) is 5. The van der Waals surface area contributed by atoms with Gasteiger partial charge in [-0.1, -0.05) is 11.6 Å². The van der Waals surface area contributed by atoms with Gasteiger partial charge in [-0.3, -0.25) is 9.78 Å². The number of anilines is 2. The van der Waals surface area contributed by atoms with E-state index in [1.807, 2.05) is 12.1 Å². The van der Waals surface area contributed by atoms with Crippen molar-refractivity contribution in [2.75, 3.05) is 36.5 Å². The van der Waals surface area contributed by atoms with E-state index in [0.29, 0.717) is 23.9 Å². The number of rotatable bonds is 3. The average molecular weight is 319 g/mol. The molecule has 1 aliphatic heterocycles. The third kappa shape index (κ3) is 3.52. The summed E-state index contributed by atoms with van der Waals surface area (Å²) in [5.41, 5.74) is 0.883. The summed E-state index contributed by atoms with van der Waals surface area (Å²) in [6.07, 6.45) is 3.13. The molecular weight excluding hydrogens is 304 g/mol. The Morgan fingerprint density at radius 1 is 1.23 bits per heavy atom. The van der Waals surface area contributed by atoms with Crippen LogP contribution in [0.1, 0.15) is 10.5 Å². The maximum atomic E-state index is 12.1. The summed E-state index contributed by atoms with van der Waals surface area (Å²) >= 11 is 5.85. The van der Waals surface area contributed by atoms with Crippen LogP contribution in [0.25, 0.3) is 0 Å². The van der Waals surface area contributed by atoms with Crippen molar-refractivity contribution < 1.29 is 9.53 Å². The summed E-state index contributed by atoms with van der Waals surface area (Å²) in [5, 5.41) is 3.22. The summed E-state index contributed by atoms with van der Waals surface area (Å²) in [5.74, 6) is 0.561. The maximum Gasteiger partial charge on any atom is 0.274 e. The Bertz CT molecular complexity index is 657. The highest BCUT2D eigenvalue weighted by Crippen LogP contribution is 2.16. The van der Waals surface area contributed by atoms with Gasteiger partial charge in [0.05, 0.1) is 25.1 Å². The van der Waals surface area contributed by atoms with Crippen molar-refractivity contribution in [3.63, 3.8) is 0 Å². The predicted octanol–water partition coefficient (Wildman–Crippen LogP) is 2.22. The van der Waals surface area contributed by atoms with Gasteiger partial charge in [0, 0.05) is 24.3 Å². The fraction of sp³-hybridized carbons (Fsp3) is 0.267. The van der Waals surface area contributed by atoms with E-state index >= 15 is 0 Å². The zero-order chi connectivity index (χ0) is 15.4. The van der Waals surface area contributed by atoms with E-state index < -0.39 is 0 Å². The molecule has 1 amide bonds. The van der Waals surface area contributed by atoms with E-state index in [1.165, 1.54) is 12.3 Å². The molecule has 22 heavy (non-hydrogen) atoms. The van der Waals surface area contributed by atoms with Gasteiger partial charge >= 0.3 is 0 Å². The Hall–Kier alpha value is -2.18. The minimum atomic E-state index is -0.316. The number of carbonyl (C=O) groups excluding carboxylic acids is 1. The van der Waals surface area contributed by atoms with Crippen LogP contribution < -0.4 is 10.2 Å².